The van der Waals surface area contributed by atoms with Crippen LogP contribution in [0.2, 0.25) is 0 Å². The standard InChI is InChI=1S/C26H21F3N6O2/c1-16-13-35(15-33-16)20-10-17(9-18(12-20)26(27,28)29)11-23(36)34(2)19-3-5-21(6-4-19)37-25-22-7-8-30-24(22)31-14-32-25/h3-10,12-15H,11H2,1-2H3,(H,30,31,32). The van der Waals surface area contributed by atoms with Gasteiger partial charge in [-0.3, -0.25) is 4.79 Å². The van der Waals surface area contributed by atoms with Crippen molar-refractivity contribution in [1.82, 2.24) is 24.5 Å². The van der Waals surface area contributed by atoms with E-state index >= 15 is 0 Å². The fraction of sp³-hybridized carbons (Fsp3) is 0.154. The molecule has 0 bridgehead atoms. The second-order valence-corrected chi connectivity index (χ2v) is 8.45. The SMILES string of the molecule is Cc1cn(-c2cc(CC(=O)N(C)c3ccc(Oc4ncnc5[nH]ccc45)cc3)cc(C(F)(F)F)c2)cn1. The minimum Gasteiger partial charge on any atom is -0.438 e. The van der Waals surface area contributed by atoms with Gasteiger partial charge in [-0.2, -0.15) is 13.2 Å². The average molecular weight is 506 g/mol. The highest BCUT2D eigenvalue weighted by Gasteiger charge is 2.31. The van der Waals surface area contributed by atoms with Crippen LogP contribution in [0, 0.1) is 6.92 Å². The lowest BCUT2D eigenvalue weighted by molar-refractivity contribution is -0.137. The number of carbonyl (C=O) groups is 1. The number of carbonyl (C=O) groups excluding carboxylic acids is 1. The van der Waals surface area contributed by atoms with Gasteiger partial charge in [-0.05, 0) is 61.0 Å². The van der Waals surface area contributed by atoms with Gasteiger partial charge < -0.3 is 19.2 Å². The molecule has 5 rings (SSSR count). The van der Waals surface area contributed by atoms with Crippen molar-refractivity contribution in [2.75, 3.05) is 11.9 Å². The lowest BCUT2D eigenvalue weighted by Crippen LogP contribution is -2.28. The molecule has 3 heterocycles. The maximum Gasteiger partial charge on any atom is 0.416 e. The molecule has 37 heavy (non-hydrogen) atoms. The maximum absolute atomic E-state index is 13.5. The number of aryl methyl sites for hydroxylation is 1. The fourth-order valence-corrected chi connectivity index (χ4v) is 3.87. The molecular weight excluding hydrogens is 485 g/mol. The number of hydrogen-bond acceptors (Lipinski definition) is 5. The number of rotatable bonds is 6. The molecule has 0 aliphatic carbocycles. The maximum atomic E-state index is 13.5. The molecule has 0 unspecified atom stereocenters. The number of ether oxygens (including phenoxy) is 1. The minimum atomic E-state index is -4.55. The predicted molar refractivity (Wildman–Crippen MR) is 131 cm³/mol. The third-order valence-electron chi connectivity index (χ3n) is 5.80. The van der Waals surface area contributed by atoms with E-state index in [0.29, 0.717) is 28.7 Å². The zero-order valence-corrected chi connectivity index (χ0v) is 19.8. The molecule has 11 heteroatoms. The third kappa shape index (κ3) is 5.15. The molecule has 2 aromatic carbocycles. The summed E-state index contributed by atoms with van der Waals surface area (Å²) in [5.74, 6) is 0.520. The number of benzene rings is 2. The lowest BCUT2D eigenvalue weighted by Gasteiger charge is -2.19. The molecule has 188 valence electrons. The first-order valence-corrected chi connectivity index (χ1v) is 11.2. The molecule has 8 nitrogen and oxygen atoms in total. The van der Waals surface area contributed by atoms with E-state index in [1.807, 2.05) is 0 Å². The van der Waals surface area contributed by atoms with Crippen molar-refractivity contribution >= 4 is 22.6 Å². The summed E-state index contributed by atoms with van der Waals surface area (Å²) in [6, 6.07) is 12.1. The zero-order chi connectivity index (χ0) is 26.2. The number of halogens is 3. The molecule has 0 radical (unpaired) electrons. The number of nitrogens with one attached hydrogen (secondary N) is 1. The van der Waals surface area contributed by atoms with Gasteiger partial charge in [-0.1, -0.05) is 0 Å². The van der Waals surface area contributed by atoms with E-state index in [4.69, 9.17) is 4.74 Å². The first-order valence-electron chi connectivity index (χ1n) is 11.2. The molecule has 1 amide bonds. The van der Waals surface area contributed by atoms with Gasteiger partial charge in [0.05, 0.1) is 29.4 Å². The minimum absolute atomic E-state index is 0.217. The number of H-pyrrole nitrogens is 1. The molecule has 0 aliphatic heterocycles. The largest absolute Gasteiger partial charge is 0.438 e. The number of aromatic amines is 1. The van der Waals surface area contributed by atoms with Gasteiger partial charge in [0.2, 0.25) is 11.8 Å². The second-order valence-electron chi connectivity index (χ2n) is 8.45. The van der Waals surface area contributed by atoms with E-state index < -0.39 is 11.7 Å². The number of nitrogens with zero attached hydrogens (tertiary/aromatic N) is 5. The topological polar surface area (TPSA) is 88.9 Å². The van der Waals surface area contributed by atoms with E-state index in [9.17, 15) is 18.0 Å². The van der Waals surface area contributed by atoms with Crippen LogP contribution in [0.25, 0.3) is 16.7 Å². The molecular formula is C26H21F3N6O2. The number of alkyl halides is 3. The van der Waals surface area contributed by atoms with Crippen molar-refractivity contribution in [3.63, 3.8) is 0 Å². The Bertz CT molecular complexity index is 1570. The molecule has 3 aromatic heterocycles. The Labute approximate surface area is 209 Å². The molecule has 0 saturated heterocycles. The summed E-state index contributed by atoms with van der Waals surface area (Å²) in [6.07, 6.45) is 1.42. The average Bonchev–Trinajstić information content (AvgIpc) is 3.53. The van der Waals surface area contributed by atoms with Crippen LogP contribution in [0.15, 0.2) is 73.6 Å². The Kier molecular flexibility index (Phi) is 6.12. The van der Waals surface area contributed by atoms with Crippen molar-refractivity contribution < 1.29 is 22.7 Å². The Balaban J connectivity index is 1.33. The highest BCUT2D eigenvalue weighted by atomic mass is 19.4. The van der Waals surface area contributed by atoms with Crippen molar-refractivity contribution in [2.24, 2.45) is 0 Å². The molecule has 0 spiro atoms. The lowest BCUT2D eigenvalue weighted by atomic mass is 10.1. The summed E-state index contributed by atoms with van der Waals surface area (Å²) in [5.41, 5.74) is 1.57. The van der Waals surface area contributed by atoms with Gasteiger partial charge in [0.25, 0.3) is 0 Å². The summed E-state index contributed by atoms with van der Waals surface area (Å²) in [7, 11) is 1.57. The van der Waals surface area contributed by atoms with Crippen LogP contribution in [0.3, 0.4) is 0 Å². The summed E-state index contributed by atoms with van der Waals surface area (Å²) >= 11 is 0. The Hall–Kier alpha value is -4.67. The molecule has 0 atom stereocenters. The van der Waals surface area contributed by atoms with Crippen molar-refractivity contribution in [2.45, 2.75) is 19.5 Å². The molecule has 0 aliphatic rings. The first-order chi connectivity index (χ1) is 17.7. The van der Waals surface area contributed by atoms with Gasteiger partial charge in [0, 0.05) is 30.8 Å². The van der Waals surface area contributed by atoms with Crippen LogP contribution in [0.5, 0.6) is 11.6 Å². The number of fused-ring (bicyclic) bond motifs is 1. The van der Waals surface area contributed by atoms with Crippen molar-refractivity contribution in [1.29, 1.82) is 0 Å². The summed E-state index contributed by atoms with van der Waals surface area (Å²) in [4.78, 5) is 29.7. The van der Waals surface area contributed by atoms with Crippen molar-refractivity contribution in [3.05, 3.63) is 90.4 Å². The van der Waals surface area contributed by atoms with Crippen LogP contribution < -0.4 is 9.64 Å². The van der Waals surface area contributed by atoms with E-state index in [1.165, 1.54) is 22.1 Å². The van der Waals surface area contributed by atoms with Crippen LogP contribution >= 0.6 is 0 Å². The predicted octanol–water partition coefficient (Wildman–Crippen LogP) is 5.47. The van der Waals surface area contributed by atoms with Crippen LogP contribution in [-0.2, 0) is 17.4 Å². The van der Waals surface area contributed by atoms with Crippen LogP contribution in [0.1, 0.15) is 16.8 Å². The van der Waals surface area contributed by atoms with Crippen LogP contribution in [0.4, 0.5) is 18.9 Å². The fourth-order valence-electron chi connectivity index (χ4n) is 3.87. The van der Waals surface area contributed by atoms with Gasteiger partial charge in [0.15, 0.2) is 0 Å². The monoisotopic (exact) mass is 506 g/mol. The highest BCUT2D eigenvalue weighted by molar-refractivity contribution is 5.94. The van der Waals surface area contributed by atoms with Gasteiger partial charge in [-0.15, -0.1) is 0 Å². The Morgan fingerprint density at radius 1 is 1.08 bits per heavy atom. The molecule has 5 aromatic rings. The van der Waals surface area contributed by atoms with Gasteiger partial charge in [-0.25, -0.2) is 15.0 Å². The Morgan fingerprint density at radius 3 is 2.57 bits per heavy atom. The Morgan fingerprint density at radius 2 is 1.86 bits per heavy atom. The van der Waals surface area contributed by atoms with Gasteiger partial charge >= 0.3 is 6.18 Å². The number of hydrogen-bond donors (Lipinski definition) is 1. The van der Waals surface area contributed by atoms with Gasteiger partial charge in [0.1, 0.15) is 17.7 Å². The number of aromatic nitrogens is 5. The second kappa shape index (κ2) is 9.41. The normalized spacial score (nSPS) is 11.6. The van der Waals surface area contributed by atoms with E-state index in [-0.39, 0.29) is 23.6 Å². The molecule has 0 fully saturated rings. The molecule has 1 N–H and O–H groups in total. The van der Waals surface area contributed by atoms with Crippen LogP contribution in [-0.4, -0.2) is 37.5 Å². The summed E-state index contributed by atoms with van der Waals surface area (Å²) in [6.45, 7) is 1.74. The summed E-state index contributed by atoms with van der Waals surface area (Å²) < 4.78 is 48.0. The number of likely N-dealkylation sites (N-methyl/N-ethyl adjacent to an activating group) is 1. The van der Waals surface area contributed by atoms with E-state index in [2.05, 4.69) is 19.9 Å². The number of imidazole rings is 1. The quantitative estimate of drug-likeness (QED) is 0.330. The molecule has 0 saturated carbocycles. The smallest absolute Gasteiger partial charge is 0.416 e. The van der Waals surface area contributed by atoms with E-state index in [0.717, 1.165) is 17.5 Å². The summed E-state index contributed by atoms with van der Waals surface area (Å²) in [5, 5.41) is 0.727. The van der Waals surface area contributed by atoms with Crippen molar-refractivity contribution in [3.8, 4) is 17.3 Å². The van der Waals surface area contributed by atoms with E-state index in [1.54, 1.807) is 62.8 Å². The highest BCUT2D eigenvalue weighted by Crippen LogP contribution is 2.32. The number of anilines is 1. The first kappa shape index (κ1) is 24.0. The third-order valence-corrected chi connectivity index (χ3v) is 5.80. The number of amides is 1. The zero-order valence-electron chi connectivity index (χ0n) is 19.8.